The van der Waals surface area contributed by atoms with Crippen LogP contribution in [0.5, 0.6) is 0 Å². The van der Waals surface area contributed by atoms with Crippen LogP contribution in [0.1, 0.15) is 99.6 Å². The van der Waals surface area contributed by atoms with Gasteiger partial charge in [-0.15, -0.1) is 0 Å². The lowest BCUT2D eigenvalue weighted by atomic mass is 9.83. The lowest BCUT2D eigenvalue weighted by Gasteiger charge is -2.27. The number of hydrogen-bond acceptors (Lipinski definition) is 2. The second-order valence-corrected chi connectivity index (χ2v) is 20.5. The minimum atomic E-state index is -0.159. The van der Waals surface area contributed by atoms with Crippen LogP contribution in [0.15, 0.2) is 206 Å². The van der Waals surface area contributed by atoms with Gasteiger partial charge in [-0.05, 0) is 86.1 Å². The lowest BCUT2D eigenvalue weighted by Crippen LogP contribution is -2.33. The molecule has 1 saturated carbocycles. The fourth-order valence-electron chi connectivity index (χ4n) is 10.9. The molecule has 5 heteroatoms. The van der Waals surface area contributed by atoms with E-state index in [0.29, 0.717) is 0 Å². The Balaban J connectivity index is 1.10. The van der Waals surface area contributed by atoms with E-state index in [1.807, 2.05) is 12.2 Å². The van der Waals surface area contributed by atoms with Crippen LogP contribution >= 0.6 is 0 Å². The number of benzene rings is 4. The fraction of sp³-hybridized carbons (Fsp3) is 0.277. The summed E-state index contributed by atoms with van der Waals surface area (Å²) in [6, 6.07) is 44.6. The number of rotatable bonds is 16. The molecule has 4 aromatic carbocycles. The van der Waals surface area contributed by atoms with Crippen molar-refractivity contribution in [1.29, 1.82) is 0 Å². The van der Waals surface area contributed by atoms with Gasteiger partial charge in [0.25, 0.3) is 0 Å². The number of aromatic nitrogens is 2. The first kappa shape index (κ1) is 47.9. The smallest absolute Gasteiger partial charge is 0.218 e. The van der Waals surface area contributed by atoms with Gasteiger partial charge < -0.3 is 9.80 Å². The van der Waals surface area contributed by atoms with E-state index in [4.69, 9.17) is 0 Å². The number of unbranched alkanes of at least 4 members (excludes halogenated alkanes) is 2. The van der Waals surface area contributed by atoms with E-state index in [0.717, 1.165) is 87.2 Å². The Morgan fingerprint density at radius 1 is 0.514 bits per heavy atom. The molecule has 6 aromatic rings. The number of hydrogen-bond donors (Lipinski definition) is 0. The first-order valence-electron chi connectivity index (χ1n) is 25.6. The van der Waals surface area contributed by atoms with Crippen LogP contribution in [-0.2, 0) is 23.9 Å². The molecule has 0 unspecified atom stereocenters. The van der Waals surface area contributed by atoms with Crippen LogP contribution in [0.25, 0.3) is 12.2 Å². The Morgan fingerprint density at radius 3 is 1.30 bits per heavy atom. The van der Waals surface area contributed by atoms with Gasteiger partial charge in [0.15, 0.2) is 24.8 Å². The maximum Gasteiger partial charge on any atom is 0.218 e. The number of aryl methyl sites for hydroxylation is 4. The van der Waals surface area contributed by atoms with Gasteiger partial charge in [0.1, 0.15) is 13.1 Å². The zero-order valence-corrected chi connectivity index (χ0v) is 42.5. The third-order valence-corrected chi connectivity index (χ3v) is 14.9. The zero-order chi connectivity index (χ0) is 48.8. The summed E-state index contributed by atoms with van der Waals surface area (Å²) in [6.45, 7) is 25.9. The van der Waals surface area contributed by atoms with Crippen LogP contribution < -0.4 is 23.5 Å². The van der Waals surface area contributed by atoms with Crippen molar-refractivity contribution in [3.63, 3.8) is 0 Å². The van der Waals surface area contributed by atoms with Crippen molar-refractivity contribution >= 4 is 40.6 Å². The lowest BCUT2D eigenvalue weighted by molar-refractivity contribution is -0.697. The highest BCUT2D eigenvalue weighted by atomic mass is 15.2. The Morgan fingerprint density at radius 2 is 0.914 bits per heavy atom. The Labute approximate surface area is 418 Å². The molecule has 4 heterocycles. The summed E-state index contributed by atoms with van der Waals surface area (Å²) in [5.41, 5.74) is 19.1. The first-order chi connectivity index (χ1) is 34.0. The molecule has 1 fully saturated rings. The van der Waals surface area contributed by atoms with Crippen molar-refractivity contribution in [3.05, 3.63) is 239 Å². The molecule has 0 amide bonds. The van der Waals surface area contributed by atoms with E-state index in [1.165, 1.54) is 61.9 Å². The highest BCUT2D eigenvalue weighted by molar-refractivity contribution is 6.17. The predicted molar refractivity (Wildman–Crippen MR) is 296 cm³/mol. The number of nitrogens with zero attached hydrogens (tertiary/aromatic N) is 5. The fourth-order valence-corrected chi connectivity index (χ4v) is 10.9. The van der Waals surface area contributed by atoms with Crippen molar-refractivity contribution in [1.82, 2.24) is 4.58 Å². The molecule has 0 N–H and O–H groups in total. The van der Waals surface area contributed by atoms with Crippen molar-refractivity contribution in [2.24, 2.45) is 0 Å². The van der Waals surface area contributed by atoms with Crippen LogP contribution in [-0.4, -0.2) is 18.8 Å². The van der Waals surface area contributed by atoms with Gasteiger partial charge in [-0.25, -0.2) is 9.13 Å². The SMILES string of the molecule is C=Cc1cc[n+](CCCCN2C(=CC=C3CCC(=CC=C4N(CCCC[n+]5ccc(C=C)cc5)c5ccc(C)cc5C4(C)C)C3=[N+](c3ccccc3)c3ccccc3)C(C)(C)c3cc(C)ccc32)cc1. The summed E-state index contributed by atoms with van der Waals surface area (Å²) >= 11 is 0. The molecular formula is C65H72N5+3. The number of fused-ring (bicyclic) bond motifs is 2. The summed E-state index contributed by atoms with van der Waals surface area (Å²) in [5.74, 6) is 0. The predicted octanol–water partition coefficient (Wildman–Crippen LogP) is 14.4. The van der Waals surface area contributed by atoms with Gasteiger partial charge in [0.2, 0.25) is 17.1 Å². The second-order valence-electron chi connectivity index (χ2n) is 20.5. The molecule has 2 aromatic heterocycles. The van der Waals surface area contributed by atoms with E-state index in [-0.39, 0.29) is 10.8 Å². The van der Waals surface area contributed by atoms with Crippen LogP contribution in [0.2, 0.25) is 0 Å². The summed E-state index contributed by atoms with van der Waals surface area (Å²) in [6.07, 6.45) is 28.6. The van der Waals surface area contributed by atoms with Gasteiger partial charge in [-0.2, -0.15) is 4.58 Å². The summed E-state index contributed by atoms with van der Waals surface area (Å²) in [5, 5.41) is 0. The van der Waals surface area contributed by atoms with Gasteiger partial charge >= 0.3 is 0 Å². The van der Waals surface area contributed by atoms with Crippen LogP contribution in [0.4, 0.5) is 22.7 Å². The van der Waals surface area contributed by atoms with Crippen LogP contribution in [0.3, 0.4) is 0 Å². The average Bonchev–Trinajstić information content (AvgIpc) is 3.93. The molecule has 0 saturated heterocycles. The Hall–Kier alpha value is -7.11. The summed E-state index contributed by atoms with van der Waals surface area (Å²) < 4.78 is 7.09. The summed E-state index contributed by atoms with van der Waals surface area (Å²) in [7, 11) is 0. The highest BCUT2D eigenvalue weighted by Crippen LogP contribution is 2.50. The normalized spacial score (nSPS) is 18.0. The van der Waals surface area contributed by atoms with E-state index in [2.05, 4.69) is 249 Å². The average molecular weight is 923 g/mol. The zero-order valence-electron chi connectivity index (χ0n) is 42.5. The van der Waals surface area contributed by atoms with Gasteiger partial charge in [0.05, 0.1) is 0 Å². The molecule has 1 aliphatic carbocycles. The molecule has 0 radical (unpaired) electrons. The van der Waals surface area contributed by atoms with Crippen molar-refractivity contribution in [2.75, 3.05) is 22.9 Å². The Kier molecular flexibility index (Phi) is 14.3. The molecule has 70 heavy (non-hydrogen) atoms. The topological polar surface area (TPSA) is 17.2 Å². The molecule has 354 valence electrons. The highest BCUT2D eigenvalue weighted by Gasteiger charge is 2.42. The van der Waals surface area contributed by atoms with E-state index < -0.39 is 0 Å². The maximum atomic E-state index is 3.93. The third-order valence-electron chi connectivity index (χ3n) is 14.9. The minimum Gasteiger partial charge on any atom is -0.344 e. The van der Waals surface area contributed by atoms with Gasteiger partial charge in [0, 0.05) is 119 Å². The molecule has 5 nitrogen and oxygen atoms in total. The molecule has 0 bridgehead atoms. The van der Waals surface area contributed by atoms with E-state index in [9.17, 15) is 0 Å². The number of allylic oxidation sites excluding steroid dienone is 8. The minimum absolute atomic E-state index is 0.159. The second kappa shape index (κ2) is 20.9. The van der Waals surface area contributed by atoms with E-state index in [1.54, 1.807) is 0 Å². The standard InChI is InChI=1S/C65H72N5/c1-9-51-35-43-66(44-36-51)39-17-19-41-68-59-31-25-49(3)47-57(59)64(5,6)61(68)33-29-53-27-28-54(63(53)70(55-21-13-11-14-22-55)56-23-15-12-16-24-56)30-34-62-65(7,8)58-48-50(4)26-32-60(58)69(62)42-20-18-40-67-45-37-52(10-2)38-46-67/h9-16,21-26,29-38,43-48H,1-2,17-20,27-28,39-42H2,3-8H3/q+3. The maximum absolute atomic E-state index is 3.93. The van der Waals surface area contributed by atoms with Gasteiger partial charge in [-0.1, -0.05) is 137 Å². The van der Waals surface area contributed by atoms with Crippen molar-refractivity contribution in [2.45, 2.75) is 104 Å². The van der Waals surface area contributed by atoms with Crippen LogP contribution in [0, 0.1) is 13.8 Å². The van der Waals surface area contributed by atoms with Crippen molar-refractivity contribution < 1.29 is 9.13 Å². The molecule has 2 aliphatic heterocycles. The number of para-hydroxylation sites is 2. The largest absolute Gasteiger partial charge is 0.344 e. The first-order valence-corrected chi connectivity index (χ1v) is 25.6. The number of pyridine rings is 2. The van der Waals surface area contributed by atoms with Gasteiger partial charge in [-0.3, -0.25) is 0 Å². The van der Waals surface area contributed by atoms with E-state index >= 15 is 0 Å². The Bertz CT molecular complexity index is 2810. The molecular weight excluding hydrogens is 851 g/mol. The molecule has 0 atom stereocenters. The molecule has 0 spiro atoms. The quantitative estimate of drug-likeness (QED) is 0.0711. The third kappa shape index (κ3) is 9.99. The van der Waals surface area contributed by atoms with Crippen molar-refractivity contribution in [3.8, 4) is 0 Å². The molecule has 9 rings (SSSR count). The number of anilines is 2. The summed E-state index contributed by atoms with van der Waals surface area (Å²) in [4.78, 5) is 5.24. The monoisotopic (exact) mass is 923 g/mol. The molecule has 3 aliphatic rings.